The lowest BCUT2D eigenvalue weighted by molar-refractivity contribution is -0.384. The fourth-order valence-electron chi connectivity index (χ4n) is 2.11. The van der Waals surface area contributed by atoms with E-state index in [1.165, 1.54) is 44.0 Å². The number of non-ortho nitro benzene ring substituents is 1. The van der Waals surface area contributed by atoms with Crippen molar-refractivity contribution in [3.8, 4) is 11.5 Å². The topological polar surface area (TPSA) is 166 Å². The van der Waals surface area contributed by atoms with Crippen LogP contribution in [0, 0.1) is 17.0 Å². The molecule has 0 aliphatic heterocycles. The second kappa shape index (κ2) is 14.8. The quantitative estimate of drug-likeness (QED) is 0.258. The third-order valence-electron chi connectivity index (χ3n) is 3.76. The van der Waals surface area contributed by atoms with E-state index in [-0.39, 0.29) is 5.69 Å². The molecule has 0 heterocycles. The standard InChI is InChI=1S/C8H12N2O2.C7H9N.C6H6N2O2.C2H6/c1-11-7-3-6(10)8(12-2)4-5(7)9;1-6-2-4-7(8)5-3-6;7-5-1-3-6(4-2-5)8(9)10;1-2/h3-4H,9-10H2,1-2H3;2-5H,8H2,1H3;1-4H,7H2;1-2H3. The highest BCUT2D eigenvalue weighted by atomic mass is 16.6. The lowest BCUT2D eigenvalue weighted by Gasteiger charge is -2.08. The molecule has 0 atom stereocenters. The van der Waals surface area contributed by atoms with Crippen LogP contribution in [0.3, 0.4) is 0 Å². The second-order valence-corrected chi connectivity index (χ2v) is 6.10. The van der Waals surface area contributed by atoms with Crippen molar-refractivity contribution in [3.63, 3.8) is 0 Å². The molecule has 0 unspecified atom stereocenters. The van der Waals surface area contributed by atoms with E-state index in [1.54, 1.807) is 12.1 Å². The van der Waals surface area contributed by atoms with Gasteiger partial charge in [-0.2, -0.15) is 0 Å². The zero-order valence-electron chi connectivity index (χ0n) is 19.2. The molecule has 174 valence electrons. The van der Waals surface area contributed by atoms with E-state index < -0.39 is 4.92 Å². The predicted octanol–water partition coefficient (Wildman–Crippen LogP) is 4.65. The van der Waals surface area contributed by atoms with E-state index >= 15 is 0 Å². The molecule has 0 bridgehead atoms. The number of hydrogen-bond donors (Lipinski definition) is 4. The number of benzene rings is 3. The monoisotopic (exact) mass is 443 g/mol. The van der Waals surface area contributed by atoms with Crippen LogP contribution in [0.4, 0.5) is 28.4 Å². The number of nitrogen functional groups attached to an aromatic ring is 4. The lowest BCUT2D eigenvalue weighted by Crippen LogP contribution is -1.97. The molecule has 3 aromatic rings. The highest BCUT2D eigenvalue weighted by molar-refractivity contribution is 5.67. The van der Waals surface area contributed by atoms with E-state index in [1.807, 2.05) is 45.0 Å². The van der Waals surface area contributed by atoms with Gasteiger partial charge in [0, 0.05) is 35.6 Å². The smallest absolute Gasteiger partial charge is 0.269 e. The van der Waals surface area contributed by atoms with Crippen LogP contribution in [0.25, 0.3) is 0 Å². The molecule has 3 aromatic carbocycles. The Kier molecular flexibility index (Phi) is 12.9. The van der Waals surface area contributed by atoms with Crippen molar-refractivity contribution >= 4 is 28.4 Å². The summed E-state index contributed by atoms with van der Waals surface area (Å²) in [6, 6.07) is 16.8. The summed E-state index contributed by atoms with van der Waals surface area (Å²) in [4.78, 5) is 9.62. The molecule has 0 aromatic heterocycles. The van der Waals surface area contributed by atoms with Crippen molar-refractivity contribution in [1.82, 2.24) is 0 Å². The predicted molar refractivity (Wildman–Crippen MR) is 133 cm³/mol. The SMILES string of the molecule is CC.COc1cc(N)c(OC)cc1N.Cc1ccc(N)cc1.Nc1ccc([N+](=O)[O-])cc1. The first-order chi connectivity index (χ1) is 15.2. The third-order valence-corrected chi connectivity index (χ3v) is 3.76. The molecule has 8 N–H and O–H groups in total. The fraction of sp³-hybridized carbons (Fsp3) is 0.217. The van der Waals surface area contributed by atoms with Crippen LogP contribution < -0.4 is 32.4 Å². The van der Waals surface area contributed by atoms with Gasteiger partial charge in [-0.05, 0) is 31.2 Å². The fourth-order valence-corrected chi connectivity index (χ4v) is 2.11. The summed E-state index contributed by atoms with van der Waals surface area (Å²) in [5.74, 6) is 1.13. The molecule has 0 radical (unpaired) electrons. The number of aryl methyl sites for hydroxylation is 1. The van der Waals surface area contributed by atoms with Gasteiger partial charge in [0.2, 0.25) is 0 Å². The van der Waals surface area contributed by atoms with E-state index in [4.69, 9.17) is 32.4 Å². The van der Waals surface area contributed by atoms with Gasteiger partial charge in [-0.3, -0.25) is 10.1 Å². The molecule has 3 rings (SSSR count). The average Bonchev–Trinajstić information content (AvgIpc) is 2.79. The van der Waals surface area contributed by atoms with Crippen LogP contribution in [0.5, 0.6) is 11.5 Å². The normalized spacial score (nSPS) is 8.91. The van der Waals surface area contributed by atoms with Crippen molar-refractivity contribution in [1.29, 1.82) is 0 Å². The maximum absolute atomic E-state index is 10.1. The van der Waals surface area contributed by atoms with E-state index in [0.717, 1.165) is 5.69 Å². The number of hydrogen-bond acceptors (Lipinski definition) is 8. The van der Waals surface area contributed by atoms with Gasteiger partial charge in [-0.1, -0.05) is 31.5 Å². The lowest BCUT2D eigenvalue weighted by atomic mass is 10.2. The summed E-state index contributed by atoms with van der Waals surface area (Å²) in [5.41, 5.74) is 25.7. The Balaban J connectivity index is 0.000000441. The summed E-state index contributed by atoms with van der Waals surface area (Å²) < 4.78 is 9.93. The second-order valence-electron chi connectivity index (χ2n) is 6.10. The summed E-state index contributed by atoms with van der Waals surface area (Å²) in [6.07, 6.45) is 0. The number of nitro groups is 1. The third kappa shape index (κ3) is 10.1. The Hall–Kier alpha value is -4.14. The minimum absolute atomic E-state index is 0.0641. The molecule has 0 saturated carbocycles. The number of rotatable bonds is 3. The minimum Gasteiger partial charge on any atom is -0.495 e. The zero-order chi connectivity index (χ0) is 24.7. The van der Waals surface area contributed by atoms with E-state index in [9.17, 15) is 10.1 Å². The number of nitrogens with zero attached hydrogens (tertiary/aromatic N) is 1. The Bertz CT molecular complexity index is 895. The summed E-state index contributed by atoms with van der Waals surface area (Å²) in [7, 11) is 3.08. The summed E-state index contributed by atoms with van der Waals surface area (Å²) in [6.45, 7) is 6.04. The van der Waals surface area contributed by atoms with Crippen LogP contribution in [0.1, 0.15) is 19.4 Å². The first kappa shape index (κ1) is 27.9. The zero-order valence-corrected chi connectivity index (χ0v) is 19.2. The van der Waals surface area contributed by atoms with Crippen molar-refractivity contribution in [2.24, 2.45) is 0 Å². The number of ether oxygens (including phenoxy) is 2. The van der Waals surface area contributed by atoms with Gasteiger partial charge >= 0.3 is 0 Å². The van der Waals surface area contributed by atoms with Crippen molar-refractivity contribution in [2.75, 3.05) is 37.2 Å². The van der Waals surface area contributed by atoms with Crippen LogP contribution in [-0.4, -0.2) is 19.1 Å². The van der Waals surface area contributed by atoms with Crippen LogP contribution in [0.2, 0.25) is 0 Å². The molecule has 0 fully saturated rings. The number of anilines is 4. The van der Waals surface area contributed by atoms with Gasteiger partial charge in [-0.25, -0.2) is 0 Å². The van der Waals surface area contributed by atoms with Crippen LogP contribution in [0.15, 0.2) is 60.7 Å². The molecule has 32 heavy (non-hydrogen) atoms. The number of methoxy groups -OCH3 is 2. The number of nitrogens with two attached hydrogens (primary N) is 4. The first-order valence-corrected chi connectivity index (χ1v) is 9.77. The van der Waals surface area contributed by atoms with Crippen LogP contribution >= 0.6 is 0 Å². The number of nitro benzene ring substituents is 1. The summed E-state index contributed by atoms with van der Waals surface area (Å²) in [5, 5.41) is 10.1. The van der Waals surface area contributed by atoms with E-state index in [2.05, 4.69) is 0 Å². The van der Waals surface area contributed by atoms with Gasteiger partial charge in [0.15, 0.2) is 0 Å². The van der Waals surface area contributed by atoms with E-state index in [0.29, 0.717) is 28.6 Å². The Morgan fingerprint density at radius 2 is 1.06 bits per heavy atom. The van der Waals surface area contributed by atoms with Gasteiger partial charge in [0.1, 0.15) is 11.5 Å². The maximum atomic E-state index is 10.1. The highest BCUT2D eigenvalue weighted by Gasteiger charge is 2.05. The Labute approximate surface area is 189 Å². The van der Waals surface area contributed by atoms with Crippen molar-refractivity contribution < 1.29 is 14.4 Å². The van der Waals surface area contributed by atoms with Crippen LogP contribution in [-0.2, 0) is 0 Å². The van der Waals surface area contributed by atoms with Gasteiger partial charge in [0.05, 0.1) is 30.5 Å². The van der Waals surface area contributed by atoms with Gasteiger partial charge in [0.25, 0.3) is 5.69 Å². The molecule has 0 amide bonds. The summed E-state index contributed by atoms with van der Waals surface area (Å²) >= 11 is 0. The van der Waals surface area contributed by atoms with Crippen molar-refractivity contribution in [3.05, 3.63) is 76.3 Å². The molecule has 9 heteroatoms. The molecule has 9 nitrogen and oxygen atoms in total. The molecule has 0 spiro atoms. The highest BCUT2D eigenvalue weighted by Crippen LogP contribution is 2.32. The molecule has 0 aliphatic rings. The van der Waals surface area contributed by atoms with Gasteiger partial charge < -0.3 is 32.4 Å². The largest absolute Gasteiger partial charge is 0.495 e. The minimum atomic E-state index is -0.459. The van der Waals surface area contributed by atoms with Crippen molar-refractivity contribution in [2.45, 2.75) is 20.8 Å². The molecular formula is C23H33N5O4. The maximum Gasteiger partial charge on any atom is 0.269 e. The molecular weight excluding hydrogens is 410 g/mol. The first-order valence-electron chi connectivity index (χ1n) is 9.77. The van der Waals surface area contributed by atoms with Gasteiger partial charge in [-0.15, -0.1) is 0 Å². The molecule has 0 saturated heterocycles. The molecule has 0 aliphatic carbocycles. The Morgan fingerprint density at radius 1 is 0.719 bits per heavy atom. The average molecular weight is 444 g/mol. The Morgan fingerprint density at radius 3 is 1.34 bits per heavy atom.